The first-order valence-electron chi connectivity index (χ1n) is 10.5. The molecule has 2 aromatic carbocycles. The highest BCUT2D eigenvalue weighted by Crippen LogP contribution is 2.47. The summed E-state index contributed by atoms with van der Waals surface area (Å²) >= 11 is -2.06. The molecular formula is C24H23N5O2S. The van der Waals surface area contributed by atoms with E-state index in [1.165, 1.54) is 0 Å². The number of nitrogens with one attached hydrogen (secondary N) is 2. The minimum absolute atomic E-state index is 0.323. The van der Waals surface area contributed by atoms with E-state index < -0.39 is 11.3 Å². The lowest BCUT2D eigenvalue weighted by atomic mass is 10.00. The Balaban J connectivity index is 1.61. The number of anilines is 1. The fraction of sp³-hybridized carbons (Fsp3) is 0.208. The Labute approximate surface area is 188 Å². The topological polar surface area (TPSA) is 100 Å². The minimum Gasteiger partial charge on any atom is -0.364 e. The lowest BCUT2D eigenvalue weighted by Crippen LogP contribution is -2.30. The number of pyridine rings is 1. The predicted molar refractivity (Wildman–Crippen MR) is 126 cm³/mol. The van der Waals surface area contributed by atoms with Gasteiger partial charge in [-0.15, -0.1) is 0 Å². The van der Waals surface area contributed by atoms with Crippen molar-refractivity contribution in [2.45, 2.75) is 24.8 Å². The Morgan fingerprint density at radius 1 is 0.969 bits per heavy atom. The molecule has 7 nitrogen and oxygen atoms in total. The monoisotopic (exact) mass is 445 g/mol. The summed E-state index contributed by atoms with van der Waals surface area (Å²) in [5.41, 5.74) is 3.58. The van der Waals surface area contributed by atoms with Crippen LogP contribution in [0, 0.1) is 0 Å². The second kappa shape index (κ2) is 8.74. The summed E-state index contributed by atoms with van der Waals surface area (Å²) in [6, 6.07) is 22.1. The van der Waals surface area contributed by atoms with Crippen LogP contribution in [0.15, 0.2) is 72.9 Å². The van der Waals surface area contributed by atoms with Gasteiger partial charge in [-0.3, -0.25) is 9.54 Å². The summed E-state index contributed by atoms with van der Waals surface area (Å²) in [5, 5.41) is 4.43. The standard InChI is InChI=1S/C24H23N5O2S/c30-32(31)27-16-24(12-13-24)23-28-20-11-6-10-19(17-7-2-1-3-8-17)21(20)22(29-23)26-15-18-9-4-5-14-25-18/h1-11,14,27H,12-13,15-16H2,(H,30,31)(H,26,28,29). The molecule has 1 aliphatic rings. The number of hydrogen-bond donors (Lipinski definition) is 3. The smallest absolute Gasteiger partial charge is 0.231 e. The van der Waals surface area contributed by atoms with Crippen LogP contribution in [0.3, 0.4) is 0 Å². The largest absolute Gasteiger partial charge is 0.364 e. The summed E-state index contributed by atoms with van der Waals surface area (Å²) in [7, 11) is 0. The first kappa shape index (κ1) is 20.7. The molecule has 1 fully saturated rings. The van der Waals surface area contributed by atoms with Crippen LogP contribution in [-0.2, 0) is 23.2 Å². The van der Waals surface area contributed by atoms with E-state index in [0.717, 1.165) is 46.4 Å². The van der Waals surface area contributed by atoms with E-state index in [2.05, 4.69) is 33.2 Å². The zero-order chi connectivity index (χ0) is 22.0. The van der Waals surface area contributed by atoms with Gasteiger partial charge in [0.15, 0.2) is 0 Å². The Morgan fingerprint density at radius 2 is 1.78 bits per heavy atom. The van der Waals surface area contributed by atoms with E-state index in [1.807, 2.05) is 48.5 Å². The van der Waals surface area contributed by atoms with E-state index in [4.69, 9.17) is 9.97 Å². The number of rotatable bonds is 8. The van der Waals surface area contributed by atoms with Crippen LogP contribution in [0.1, 0.15) is 24.4 Å². The molecule has 3 N–H and O–H groups in total. The van der Waals surface area contributed by atoms with Crippen LogP contribution < -0.4 is 10.0 Å². The Bertz CT molecular complexity index is 1260. The fourth-order valence-corrected chi connectivity index (χ4v) is 4.31. The molecule has 1 aliphatic carbocycles. The van der Waals surface area contributed by atoms with Crippen molar-refractivity contribution >= 4 is 28.0 Å². The van der Waals surface area contributed by atoms with Crippen molar-refractivity contribution in [2.24, 2.45) is 0 Å². The zero-order valence-electron chi connectivity index (χ0n) is 17.4. The molecule has 1 unspecified atom stereocenters. The van der Waals surface area contributed by atoms with Crippen LogP contribution in [0.4, 0.5) is 5.82 Å². The maximum atomic E-state index is 11.2. The second-order valence-corrected chi connectivity index (χ2v) is 8.77. The van der Waals surface area contributed by atoms with Crippen LogP contribution in [0.25, 0.3) is 22.0 Å². The third kappa shape index (κ3) is 4.25. The number of aromatic nitrogens is 3. The second-order valence-electron chi connectivity index (χ2n) is 7.99. The molecule has 2 heterocycles. The lowest BCUT2D eigenvalue weighted by Gasteiger charge is -2.18. The van der Waals surface area contributed by atoms with Gasteiger partial charge in [0.2, 0.25) is 11.3 Å². The van der Waals surface area contributed by atoms with Crippen molar-refractivity contribution in [3.63, 3.8) is 0 Å². The van der Waals surface area contributed by atoms with Gasteiger partial charge in [0, 0.05) is 18.2 Å². The lowest BCUT2D eigenvalue weighted by molar-refractivity contribution is 0.533. The molecule has 2 aromatic heterocycles. The summed E-state index contributed by atoms with van der Waals surface area (Å²) in [6.45, 7) is 0.890. The molecule has 32 heavy (non-hydrogen) atoms. The van der Waals surface area contributed by atoms with E-state index in [0.29, 0.717) is 18.9 Å². The van der Waals surface area contributed by atoms with Gasteiger partial charge < -0.3 is 5.32 Å². The van der Waals surface area contributed by atoms with Gasteiger partial charge in [0.25, 0.3) is 0 Å². The molecule has 5 rings (SSSR count). The zero-order valence-corrected chi connectivity index (χ0v) is 18.2. The molecule has 4 aromatic rings. The van der Waals surface area contributed by atoms with Crippen LogP contribution in [0.2, 0.25) is 0 Å². The van der Waals surface area contributed by atoms with Gasteiger partial charge in [0.05, 0.1) is 23.1 Å². The number of hydrogen-bond acceptors (Lipinski definition) is 5. The normalized spacial score (nSPS) is 15.4. The quantitative estimate of drug-likeness (QED) is 0.354. The van der Waals surface area contributed by atoms with E-state index >= 15 is 0 Å². The van der Waals surface area contributed by atoms with Crippen molar-refractivity contribution in [1.29, 1.82) is 0 Å². The van der Waals surface area contributed by atoms with E-state index in [1.54, 1.807) is 6.20 Å². The van der Waals surface area contributed by atoms with Gasteiger partial charge in [-0.05, 0) is 42.2 Å². The summed E-state index contributed by atoms with van der Waals surface area (Å²) in [6.07, 6.45) is 3.53. The maximum absolute atomic E-state index is 11.2. The minimum atomic E-state index is -2.06. The van der Waals surface area contributed by atoms with Gasteiger partial charge >= 0.3 is 0 Å². The van der Waals surface area contributed by atoms with Crippen LogP contribution in [-0.4, -0.2) is 30.3 Å². The highest BCUT2D eigenvalue weighted by atomic mass is 32.2. The molecule has 0 radical (unpaired) electrons. The summed E-state index contributed by atoms with van der Waals surface area (Å²) in [5.74, 6) is 1.43. The third-order valence-electron chi connectivity index (χ3n) is 5.83. The summed E-state index contributed by atoms with van der Waals surface area (Å²) < 4.78 is 23.0. The molecule has 1 atom stereocenters. The van der Waals surface area contributed by atoms with E-state index in [9.17, 15) is 8.76 Å². The molecule has 0 bridgehead atoms. The van der Waals surface area contributed by atoms with Crippen molar-refractivity contribution in [2.75, 3.05) is 11.9 Å². The van der Waals surface area contributed by atoms with Gasteiger partial charge in [-0.2, -0.15) is 0 Å². The van der Waals surface area contributed by atoms with Gasteiger partial charge in [0.1, 0.15) is 11.6 Å². The molecule has 8 heteroatoms. The Kier molecular flexibility index (Phi) is 5.65. The fourth-order valence-electron chi connectivity index (χ4n) is 3.91. The number of fused-ring (bicyclic) bond motifs is 1. The Hall–Kier alpha value is -3.20. The molecule has 0 aliphatic heterocycles. The van der Waals surface area contributed by atoms with Crippen molar-refractivity contribution in [3.8, 4) is 11.1 Å². The van der Waals surface area contributed by atoms with Crippen molar-refractivity contribution < 1.29 is 8.76 Å². The highest BCUT2D eigenvalue weighted by molar-refractivity contribution is 7.77. The Morgan fingerprint density at radius 3 is 2.50 bits per heavy atom. The van der Waals surface area contributed by atoms with Gasteiger partial charge in [-0.1, -0.05) is 48.5 Å². The average molecular weight is 446 g/mol. The molecule has 0 saturated heterocycles. The van der Waals surface area contributed by atoms with Crippen molar-refractivity contribution in [1.82, 2.24) is 19.7 Å². The average Bonchev–Trinajstić information content (AvgIpc) is 3.63. The third-order valence-corrected chi connectivity index (χ3v) is 6.22. The number of nitrogens with zero attached hydrogens (tertiary/aromatic N) is 3. The van der Waals surface area contributed by atoms with E-state index in [-0.39, 0.29) is 5.41 Å². The first-order chi connectivity index (χ1) is 15.6. The van der Waals surface area contributed by atoms with Crippen LogP contribution in [0.5, 0.6) is 0 Å². The molecular weight excluding hydrogens is 422 g/mol. The molecule has 0 spiro atoms. The SMILES string of the molecule is O=S(O)NCC1(c2nc(NCc3ccccn3)c3c(-c4ccccc4)cccc3n2)CC1. The molecule has 1 saturated carbocycles. The summed E-state index contributed by atoms with van der Waals surface area (Å²) in [4.78, 5) is 14.3. The van der Waals surface area contributed by atoms with Crippen LogP contribution >= 0.6 is 0 Å². The maximum Gasteiger partial charge on any atom is 0.231 e. The molecule has 162 valence electrons. The first-order valence-corrected chi connectivity index (χ1v) is 11.6. The molecule has 0 amide bonds. The highest BCUT2D eigenvalue weighted by Gasteiger charge is 2.47. The number of benzene rings is 2. The van der Waals surface area contributed by atoms with Gasteiger partial charge in [-0.25, -0.2) is 18.9 Å². The van der Waals surface area contributed by atoms with Crippen molar-refractivity contribution in [3.05, 3.63) is 84.4 Å². The predicted octanol–water partition coefficient (Wildman–Crippen LogP) is 4.06.